The Balaban J connectivity index is 2.47. The number of aliphatic hydroxyl groups is 1. The molecular weight excluding hydrogens is 162 g/mol. The second-order valence-electron chi connectivity index (χ2n) is 4.40. The third-order valence-electron chi connectivity index (χ3n) is 3.12. The van der Waals surface area contributed by atoms with Crippen molar-refractivity contribution in [3.63, 3.8) is 0 Å². The SMILES string of the molecule is CCN(C(C)C)C1CCCC(O)C1. The molecule has 0 radical (unpaired) electrons. The lowest BCUT2D eigenvalue weighted by Crippen LogP contribution is -2.43. The van der Waals surface area contributed by atoms with Crippen molar-refractivity contribution >= 4 is 0 Å². The Labute approximate surface area is 81.9 Å². The van der Waals surface area contributed by atoms with Crippen molar-refractivity contribution < 1.29 is 5.11 Å². The maximum Gasteiger partial charge on any atom is 0.0555 e. The van der Waals surface area contributed by atoms with Crippen LogP contribution in [0.3, 0.4) is 0 Å². The number of aliphatic hydroxyl groups excluding tert-OH is 1. The lowest BCUT2D eigenvalue weighted by molar-refractivity contribution is 0.0503. The third kappa shape index (κ3) is 2.96. The molecule has 0 bridgehead atoms. The summed E-state index contributed by atoms with van der Waals surface area (Å²) in [5.41, 5.74) is 0. The topological polar surface area (TPSA) is 23.5 Å². The first kappa shape index (κ1) is 11.0. The van der Waals surface area contributed by atoms with Crippen molar-refractivity contribution in [3.8, 4) is 0 Å². The summed E-state index contributed by atoms with van der Waals surface area (Å²) in [5.74, 6) is 0. The van der Waals surface area contributed by atoms with E-state index in [0.717, 1.165) is 19.4 Å². The Morgan fingerprint density at radius 2 is 2.08 bits per heavy atom. The molecule has 1 rings (SSSR count). The Hall–Kier alpha value is -0.0800. The Morgan fingerprint density at radius 3 is 2.54 bits per heavy atom. The van der Waals surface area contributed by atoms with E-state index in [0.29, 0.717) is 12.1 Å². The van der Waals surface area contributed by atoms with Gasteiger partial charge in [-0.25, -0.2) is 0 Å². The maximum absolute atomic E-state index is 9.58. The van der Waals surface area contributed by atoms with Crippen LogP contribution in [0.5, 0.6) is 0 Å². The lowest BCUT2D eigenvalue weighted by Gasteiger charge is -2.38. The minimum absolute atomic E-state index is 0.0495. The summed E-state index contributed by atoms with van der Waals surface area (Å²) in [6, 6.07) is 1.23. The van der Waals surface area contributed by atoms with Crippen LogP contribution in [0.1, 0.15) is 46.5 Å². The van der Waals surface area contributed by atoms with Gasteiger partial charge in [0.05, 0.1) is 6.10 Å². The quantitative estimate of drug-likeness (QED) is 0.727. The van der Waals surface area contributed by atoms with Gasteiger partial charge in [0.1, 0.15) is 0 Å². The Bertz CT molecular complexity index is 147. The van der Waals surface area contributed by atoms with Crippen LogP contribution in [0.15, 0.2) is 0 Å². The van der Waals surface area contributed by atoms with Gasteiger partial charge in [0.25, 0.3) is 0 Å². The summed E-state index contributed by atoms with van der Waals surface area (Å²) >= 11 is 0. The van der Waals surface area contributed by atoms with Crippen molar-refractivity contribution in [2.45, 2.75) is 64.6 Å². The van der Waals surface area contributed by atoms with Crippen LogP contribution in [0, 0.1) is 0 Å². The van der Waals surface area contributed by atoms with Gasteiger partial charge in [0, 0.05) is 12.1 Å². The summed E-state index contributed by atoms with van der Waals surface area (Å²) in [7, 11) is 0. The van der Waals surface area contributed by atoms with E-state index in [1.165, 1.54) is 12.8 Å². The fourth-order valence-corrected chi connectivity index (χ4v) is 2.49. The van der Waals surface area contributed by atoms with Gasteiger partial charge < -0.3 is 5.11 Å². The minimum atomic E-state index is -0.0495. The summed E-state index contributed by atoms with van der Waals surface area (Å²) < 4.78 is 0. The van der Waals surface area contributed by atoms with E-state index in [-0.39, 0.29) is 6.10 Å². The van der Waals surface area contributed by atoms with Gasteiger partial charge in [-0.2, -0.15) is 0 Å². The summed E-state index contributed by atoms with van der Waals surface area (Å²) in [6.45, 7) is 7.80. The Morgan fingerprint density at radius 1 is 1.38 bits per heavy atom. The van der Waals surface area contributed by atoms with E-state index in [9.17, 15) is 5.11 Å². The van der Waals surface area contributed by atoms with Crippen LogP contribution in [0.25, 0.3) is 0 Å². The summed E-state index contributed by atoms with van der Waals surface area (Å²) in [4.78, 5) is 2.50. The zero-order chi connectivity index (χ0) is 9.84. The molecule has 0 heterocycles. The van der Waals surface area contributed by atoms with Crippen LogP contribution < -0.4 is 0 Å². The zero-order valence-electron chi connectivity index (χ0n) is 9.16. The molecule has 0 aromatic carbocycles. The standard InChI is InChI=1S/C11H23NO/c1-4-12(9(2)3)10-6-5-7-11(13)8-10/h9-11,13H,4-8H2,1-3H3. The molecule has 0 aliphatic heterocycles. The molecule has 1 N–H and O–H groups in total. The molecule has 2 atom stereocenters. The maximum atomic E-state index is 9.58. The van der Waals surface area contributed by atoms with Crippen molar-refractivity contribution in [2.24, 2.45) is 0 Å². The fourth-order valence-electron chi connectivity index (χ4n) is 2.49. The highest BCUT2D eigenvalue weighted by Crippen LogP contribution is 2.24. The predicted molar refractivity (Wildman–Crippen MR) is 55.8 cm³/mol. The van der Waals surface area contributed by atoms with Crippen LogP contribution in [0.2, 0.25) is 0 Å². The molecule has 13 heavy (non-hydrogen) atoms. The molecule has 2 heteroatoms. The second kappa shape index (κ2) is 4.97. The molecule has 1 aliphatic rings. The van der Waals surface area contributed by atoms with Crippen LogP contribution >= 0.6 is 0 Å². The van der Waals surface area contributed by atoms with E-state index in [1.54, 1.807) is 0 Å². The number of hydrogen-bond donors (Lipinski definition) is 1. The molecule has 1 aliphatic carbocycles. The average molecular weight is 185 g/mol. The first-order valence-electron chi connectivity index (χ1n) is 5.59. The van der Waals surface area contributed by atoms with Gasteiger partial charge in [-0.1, -0.05) is 6.92 Å². The van der Waals surface area contributed by atoms with Crippen molar-refractivity contribution in [1.82, 2.24) is 4.90 Å². The van der Waals surface area contributed by atoms with Crippen LogP contribution in [0.4, 0.5) is 0 Å². The summed E-state index contributed by atoms with van der Waals surface area (Å²) in [5, 5.41) is 9.58. The van der Waals surface area contributed by atoms with Crippen molar-refractivity contribution in [2.75, 3.05) is 6.54 Å². The summed E-state index contributed by atoms with van der Waals surface area (Å²) in [6.07, 6.45) is 4.39. The highest BCUT2D eigenvalue weighted by Gasteiger charge is 2.25. The fraction of sp³-hybridized carbons (Fsp3) is 1.00. The molecule has 1 fully saturated rings. The molecule has 0 aromatic heterocycles. The minimum Gasteiger partial charge on any atom is -0.393 e. The van der Waals surface area contributed by atoms with Crippen molar-refractivity contribution in [1.29, 1.82) is 0 Å². The second-order valence-corrected chi connectivity index (χ2v) is 4.40. The Kier molecular flexibility index (Phi) is 4.20. The molecule has 0 aromatic rings. The molecular formula is C11H23NO. The molecule has 78 valence electrons. The van der Waals surface area contributed by atoms with E-state index >= 15 is 0 Å². The van der Waals surface area contributed by atoms with Crippen LogP contribution in [-0.4, -0.2) is 34.7 Å². The molecule has 0 spiro atoms. The number of nitrogens with zero attached hydrogens (tertiary/aromatic N) is 1. The van der Waals surface area contributed by atoms with Gasteiger partial charge >= 0.3 is 0 Å². The van der Waals surface area contributed by atoms with Crippen LogP contribution in [-0.2, 0) is 0 Å². The van der Waals surface area contributed by atoms with E-state index in [1.807, 2.05) is 0 Å². The zero-order valence-corrected chi connectivity index (χ0v) is 9.16. The first-order chi connectivity index (χ1) is 6.15. The molecule has 2 nitrogen and oxygen atoms in total. The third-order valence-corrected chi connectivity index (χ3v) is 3.12. The van der Waals surface area contributed by atoms with Gasteiger partial charge in [-0.15, -0.1) is 0 Å². The van der Waals surface area contributed by atoms with Gasteiger partial charge in [-0.05, 0) is 46.1 Å². The largest absolute Gasteiger partial charge is 0.393 e. The first-order valence-corrected chi connectivity index (χ1v) is 5.59. The smallest absolute Gasteiger partial charge is 0.0555 e. The van der Waals surface area contributed by atoms with Crippen molar-refractivity contribution in [3.05, 3.63) is 0 Å². The number of hydrogen-bond acceptors (Lipinski definition) is 2. The highest BCUT2D eigenvalue weighted by atomic mass is 16.3. The van der Waals surface area contributed by atoms with E-state index in [2.05, 4.69) is 25.7 Å². The lowest BCUT2D eigenvalue weighted by atomic mass is 9.91. The van der Waals surface area contributed by atoms with Gasteiger partial charge in [0.15, 0.2) is 0 Å². The van der Waals surface area contributed by atoms with Gasteiger partial charge in [0.2, 0.25) is 0 Å². The number of rotatable bonds is 3. The average Bonchev–Trinajstić information content (AvgIpc) is 2.04. The van der Waals surface area contributed by atoms with E-state index < -0.39 is 0 Å². The molecule has 0 amide bonds. The predicted octanol–water partition coefficient (Wildman–Crippen LogP) is 2.02. The van der Waals surface area contributed by atoms with Gasteiger partial charge in [-0.3, -0.25) is 4.90 Å². The van der Waals surface area contributed by atoms with E-state index in [4.69, 9.17) is 0 Å². The molecule has 1 saturated carbocycles. The molecule has 0 saturated heterocycles. The normalized spacial score (nSPS) is 30.0. The molecule has 2 unspecified atom stereocenters. The highest BCUT2D eigenvalue weighted by molar-refractivity contribution is 4.81. The monoisotopic (exact) mass is 185 g/mol.